The van der Waals surface area contributed by atoms with Crippen LogP contribution in [-0.4, -0.2) is 34.7 Å². The molecule has 1 aliphatic heterocycles. The lowest BCUT2D eigenvalue weighted by molar-refractivity contribution is -0.127. The average Bonchev–Trinajstić information content (AvgIpc) is 2.39. The first-order chi connectivity index (χ1) is 7.79. The third kappa shape index (κ3) is 2.27. The first-order valence-electron chi connectivity index (χ1n) is 5.52. The van der Waals surface area contributed by atoms with Crippen LogP contribution in [0.5, 0.6) is 0 Å². The predicted octanol–water partition coefficient (Wildman–Crippen LogP) is 1.28. The molecule has 0 N–H and O–H groups in total. The number of aromatic nitrogens is 1. The van der Waals surface area contributed by atoms with Crippen LogP contribution in [0.2, 0.25) is 0 Å². The van der Waals surface area contributed by atoms with E-state index in [9.17, 15) is 9.59 Å². The quantitative estimate of drug-likeness (QED) is 0.555. The van der Waals surface area contributed by atoms with Gasteiger partial charge in [0.05, 0.1) is 0 Å². The number of hydrogen-bond acceptors (Lipinski definition) is 3. The highest BCUT2D eigenvalue weighted by Crippen LogP contribution is 2.10. The molecule has 84 valence electrons. The maximum absolute atomic E-state index is 11.9. The summed E-state index contributed by atoms with van der Waals surface area (Å²) in [5.74, 6) is -0.810. The Balaban J connectivity index is 2.07. The molecule has 16 heavy (non-hydrogen) atoms. The summed E-state index contributed by atoms with van der Waals surface area (Å²) in [6.45, 7) is 1.41. The van der Waals surface area contributed by atoms with Crippen molar-refractivity contribution in [1.29, 1.82) is 0 Å². The van der Waals surface area contributed by atoms with Crippen molar-refractivity contribution in [3.8, 4) is 0 Å². The van der Waals surface area contributed by atoms with E-state index in [0.717, 1.165) is 19.3 Å². The molecule has 0 unspecified atom stereocenters. The largest absolute Gasteiger partial charge is 0.336 e. The third-order valence-corrected chi connectivity index (χ3v) is 2.78. The minimum Gasteiger partial charge on any atom is -0.336 e. The molecule has 1 aromatic heterocycles. The smallest absolute Gasteiger partial charge is 0.294 e. The molecule has 0 aromatic carbocycles. The summed E-state index contributed by atoms with van der Waals surface area (Å²) in [5, 5.41) is 0. The van der Waals surface area contributed by atoms with Crippen LogP contribution in [-0.2, 0) is 4.79 Å². The van der Waals surface area contributed by atoms with E-state index in [0.29, 0.717) is 18.7 Å². The van der Waals surface area contributed by atoms with Gasteiger partial charge in [0.15, 0.2) is 0 Å². The van der Waals surface area contributed by atoms with Crippen LogP contribution < -0.4 is 0 Å². The molecule has 1 amide bonds. The van der Waals surface area contributed by atoms with E-state index in [4.69, 9.17) is 0 Å². The number of pyridine rings is 1. The van der Waals surface area contributed by atoms with Crippen molar-refractivity contribution in [1.82, 2.24) is 9.88 Å². The standard InChI is InChI=1S/C12H14N2O2/c15-11(10-4-6-13-7-5-10)12(16)14-8-2-1-3-9-14/h4-7H,1-3,8-9H2. The molecule has 1 aliphatic rings. The number of carbonyl (C=O) groups excluding carboxylic acids is 2. The Morgan fingerprint density at radius 2 is 1.69 bits per heavy atom. The van der Waals surface area contributed by atoms with Gasteiger partial charge in [0.2, 0.25) is 5.78 Å². The zero-order valence-corrected chi connectivity index (χ0v) is 9.06. The van der Waals surface area contributed by atoms with E-state index in [2.05, 4.69) is 4.98 Å². The lowest BCUT2D eigenvalue weighted by Crippen LogP contribution is -2.40. The molecule has 0 bridgehead atoms. The van der Waals surface area contributed by atoms with Crippen molar-refractivity contribution in [3.63, 3.8) is 0 Å². The first-order valence-corrected chi connectivity index (χ1v) is 5.52. The van der Waals surface area contributed by atoms with Gasteiger partial charge in [-0.1, -0.05) is 0 Å². The molecule has 0 radical (unpaired) electrons. The summed E-state index contributed by atoms with van der Waals surface area (Å²) in [7, 11) is 0. The lowest BCUT2D eigenvalue weighted by Gasteiger charge is -2.25. The van der Waals surface area contributed by atoms with Crippen LogP contribution in [0.25, 0.3) is 0 Å². The second-order valence-corrected chi connectivity index (χ2v) is 3.92. The molecule has 0 aliphatic carbocycles. The molecule has 2 rings (SSSR count). The van der Waals surface area contributed by atoms with Gasteiger partial charge in [0.1, 0.15) is 0 Å². The Labute approximate surface area is 94.3 Å². The van der Waals surface area contributed by atoms with Crippen molar-refractivity contribution < 1.29 is 9.59 Å². The number of Topliss-reactive ketones (excluding diaryl/α,β-unsaturated/α-hetero) is 1. The van der Waals surface area contributed by atoms with Crippen LogP contribution in [0, 0.1) is 0 Å². The van der Waals surface area contributed by atoms with Crippen LogP contribution in [0.15, 0.2) is 24.5 Å². The minimum atomic E-state index is -0.427. The highest BCUT2D eigenvalue weighted by atomic mass is 16.2. The van der Waals surface area contributed by atoms with Gasteiger partial charge in [-0.3, -0.25) is 14.6 Å². The number of piperidine rings is 1. The fourth-order valence-electron chi connectivity index (χ4n) is 1.87. The van der Waals surface area contributed by atoms with Crippen LogP contribution >= 0.6 is 0 Å². The van der Waals surface area contributed by atoms with Gasteiger partial charge in [-0.15, -0.1) is 0 Å². The SMILES string of the molecule is O=C(C(=O)N1CCCCC1)c1ccncc1. The van der Waals surface area contributed by atoms with Crippen molar-refractivity contribution >= 4 is 11.7 Å². The number of nitrogens with zero attached hydrogens (tertiary/aromatic N) is 2. The van der Waals surface area contributed by atoms with Gasteiger partial charge in [0, 0.05) is 31.0 Å². The summed E-state index contributed by atoms with van der Waals surface area (Å²) in [6, 6.07) is 3.15. The fraction of sp³-hybridized carbons (Fsp3) is 0.417. The lowest BCUT2D eigenvalue weighted by atomic mass is 10.1. The highest BCUT2D eigenvalue weighted by Gasteiger charge is 2.24. The van der Waals surface area contributed by atoms with Gasteiger partial charge in [-0.2, -0.15) is 0 Å². The summed E-state index contributed by atoms with van der Waals surface area (Å²) in [6.07, 6.45) is 6.19. The zero-order chi connectivity index (χ0) is 11.4. The summed E-state index contributed by atoms with van der Waals surface area (Å²) >= 11 is 0. The van der Waals surface area contributed by atoms with E-state index >= 15 is 0 Å². The van der Waals surface area contributed by atoms with E-state index in [1.807, 2.05) is 0 Å². The van der Waals surface area contributed by atoms with Crippen molar-refractivity contribution in [2.45, 2.75) is 19.3 Å². The van der Waals surface area contributed by atoms with Gasteiger partial charge in [-0.25, -0.2) is 0 Å². The van der Waals surface area contributed by atoms with Crippen LogP contribution in [0.4, 0.5) is 0 Å². The molecule has 1 saturated heterocycles. The normalized spacial score (nSPS) is 15.9. The molecular formula is C12H14N2O2. The molecule has 1 fully saturated rings. The molecular weight excluding hydrogens is 204 g/mol. The molecule has 0 saturated carbocycles. The van der Waals surface area contributed by atoms with Crippen molar-refractivity contribution in [2.24, 2.45) is 0 Å². The topological polar surface area (TPSA) is 50.3 Å². The number of hydrogen-bond donors (Lipinski definition) is 0. The highest BCUT2D eigenvalue weighted by molar-refractivity contribution is 6.42. The first kappa shape index (κ1) is 10.8. The van der Waals surface area contributed by atoms with Crippen molar-refractivity contribution in [3.05, 3.63) is 30.1 Å². The maximum Gasteiger partial charge on any atom is 0.294 e. The predicted molar refractivity (Wildman–Crippen MR) is 59.0 cm³/mol. The Hall–Kier alpha value is -1.71. The summed E-state index contributed by atoms with van der Waals surface area (Å²) < 4.78 is 0. The number of carbonyl (C=O) groups is 2. The Kier molecular flexibility index (Phi) is 3.29. The molecule has 1 aromatic rings. The third-order valence-electron chi connectivity index (χ3n) is 2.78. The van der Waals surface area contributed by atoms with Crippen LogP contribution in [0.3, 0.4) is 0 Å². The molecule has 0 atom stereocenters. The average molecular weight is 218 g/mol. The van der Waals surface area contributed by atoms with Crippen molar-refractivity contribution in [2.75, 3.05) is 13.1 Å². The zero-order valence-electron chi connectivity index (χ0n) is 9.06. The van der Waals surface area contributed by atoms with Gasteiger partial charge in [-0.05, 0) is 31.4 Å². The summed E-state index contributed by atoms with van der Waals surface area (Å²) in [4.78, 5) is 29.1. The Morgan fingerprint density at radius 3 is 2.31 bits per heavy atom. The monoisotopic (exact) mass is 218 g/mol. The number of ketones is 1. The summed E-state index contributed by atoms with van der Waals surface area (Å²) in [5.41, 5.74) is 0.422. The van der Waals surface area contributed by atoms with Gasteiger partial charge in [0.25, 0.3) is 5.91 Å². The second-order valence-electron chi connectivity index (χ2n) is 3.92. The molecule has 4 nitrogen and oxygen atoms in total. The Bertz CT molecular complexity index is 383. The van der Waals surface area contributed by atoms with E-state index in [1.165, 1.54) is 12.4 Å². The van der Waals surface area contributed by atoms with E-state index in [1.54, 1.807) is 17.0 Å². The molecule has 4 heteroatoms. The maximum atomic E-state index is 11.9. The van der Waals surface area contributed by atoms with Crippen LogP contribution in [0.1, 0.15) is 29.6 Å². The number of rotatable bonds is 2. The van der Waals surface area contributed by atoms with Gasteiger partial charge < -0.3 is 4.90 Å². The van der Waals surface area contributed by atoms with E-state index in [-0.39, 0.29) is 5.91 Å². The molecule has 2 heterocycles. The number of amides is 1. The molecule has 0 spiro atoms. The fourth-order valence-corrected chi connectivity index (χ4v) is 1.87. The minimum absolute atomic E-state index is 0.383. The second kappa shape index (κ2) is 4.88. The van der Waals surface area contributed by atoms with E-state index < -0.39 is 5.78 Å². The number of likely N-dealkylation sites (tertiary alicyclic amines) is 1. The Morgan fingerprint density at radius 1 is 1.06 bits per heavy atom. The van der Waals surface area contributed by atoms with Gasteiger partial charge >= 0.3 is 0 Å².